The number of hydrogen-bond donors (Lipinski definition) is 1. The average Bonchev–Trinajstić information content (AvgIpc) is 3.47. The summed E-state index contributed by atoms with van der Waals surface area (Å²) in [5.41, 5.74) is 2.04. The number of epoxide rings is 1. The van der Waals surface area contributed by atoms with Crippen LogP contribution in [0.25, 0.3) is 0 Å². The highest BCUT2D eigenvalue weighted by Gasteiger charge is 2.34. The van der Waals surface area contributed by atoms with Gasteiger partial charge in [-0.25, -0.2) is 4.79 Å². The molecule has 0 radical (unpaired) electrons. The molecule has 0 aromatic heterocycles. The summed E-state index contributed by atoms with van der Waals surface area (Å²) in [6, 6.07) is 9.50. The SMILES string of the molecule is C=C\C=C/C(=C\C=C/C)CC(NC(=O)OCc1ccccc1)C1CO1. The quantitative estimate of drug-likeness (QED) is 0.538. The van der Waals surface area contributed by atoms with Gasteiger partial charge in [-0.1, -0.05) is 73.4 Å². The van der Waals surface area contributed by atoms with Gasteiger partial charge in [0.15, 0.2) is 0 Å². The Balaban J connectivity index is 1.91. The van der Waals surface area contributed by atoms with Gasteiger partial charge in [0.05, 0.1) is 12.6 Å². The molecule has 2 unspecified atom stereocenters. The van der Waals surface area contributed by atoms with Crippen LogP contribution in [0.3, 0.4) is 0 Å². The highest BCUT2D eigenvalue weighted by molar-refractivity contribution is 5.67. The zero-order chi connectivity index (χ0) is 17.9. The fraction of sp³-hybridized carbons (Fsp3) is 0.286. The lowest BCUT2D eigenvalue weighted by Crippen LogP contribution is -2.39. The number of carbonyl (C=O) groups excluding carboxylic acids is 1. The molecule has 1 heterocycles. The summed E-state index contributed by atoms with van der Waals surface area (Å²) in [6.07, 6.45) is 11.8. The van der Waals surface area contributed by atoms with Crippen LogP contribution in [-0.4, -0.2) is 24.8 Å². The topological polar surface area (TPSA) is 50.9 Å². The van der Waals surface area contributed by atoms with Gasteiger partial charge in [-0.2, -0.15) is 0 Å². The van der Waals surface area contributed by atoms with Gasteiger partial charge in [0.1, 0.15) is 12.7 Å². The highest BCUT2D eigenvalue weighted by atomic mass is 16.6. The van der Waals surface area contributed by atoms with Crippen LogP contribution in [0.5, 0.6) is 0 Å². The van der Waals surface area contributed by atoms with E-state index < -0.39 is 6.09 Å². The number of hydrogen-bond acceptors (Lipinski definition) is 3. The first kappa shape index (κ1) is 18.7. The zero-order valence-electron chi connectivity index (χ0n) is 14.6. The molecule has 2 atom stereocenters. The molecule has 0 saturated carbocycles. The molecule has 0 bridgehead atoms. The summed E-state index contributed by atoms with van der Waals surface area (Å²) in [6.45, 7) is 6.57. The molecule has 1 fully saturated rings. The van der Waals surface area contributed by atoms with Crippen molar-refractivity contribution in [3.05, 3.63) is 84.5 Å². The Morgan fingerprint density at radius 2 is 2.16 bits per heavy atom. The molecular formula is C21H25NO3. The number of ether oxygens (including phenoxy) is 2. The summed E-state index contributed by atoms with van der Waals surface area (Å²) in [5, 5.41) is 2.92. The lowest BCUT2D eigenvalue weighted by Gasteiger charge is -2.17. The molecule has 1 saturated heterocycles. The normalized spacial score (nSPS) is 18.3. The van der Waals surface area contributed by atoms with Crippen LogP contribution < -0.4 is 5.32 Å². The van der Waals surface area contributed by atoms with Crippen LogP contribution in [0, 0.1) is 0 Å². The van der Waals surface area contributed by atoms with Crippen LogP contribution in [0.4, 0.5) is 4.79 Å². The molecule has 1 aromatic carbocycles. The average molecular weight is 339 g/mol. The molecule has 1 aliphatic heterocycles. The van der Waals surface area contributed by atoms with E-state index in [0.29, 0.717) is 13.0 Å². The monoisotopic (exact) mass is 339 g/mol. The Bertz CT molecular complexity index is 642. The van der Waals surface area contributed by atoms with E-state index in [0.717, 1.165) is 11.1 Å². The molecule has 132 valence electrons. The first-order valence-corrected chi connectivity index (χ1v) is 8.42. The fourth-order valence-corrected chi connectivity index (χ4v) is 2.34. The van der Waals surface area contributed by atoms with Gasteiger partial charge in [-0.15, -0.1) is 0 Å². The number of alkyl carbamates (subject to hydrolysis) is 1. The highest BCUT2D eigenvalue weighted by Crippen LogP contribution is 2.21. The molecule has 2 rings (SSSR count). The molecule has 4 nitrogen and oxygen atoms in total. The van der Waals surface area contributed by atoms with E-state index in [1.54, 1.807) is 6.08 Å². The molecular weight excluding hydrogens is 314 g/mol. The first-order chi connectivity index (χ1) is 12.2. The van der Waals surface area contributed by atoms with Gasteiger partial charge in [0, 0.05) is 0 Å². The molecule has 1 aliphatic rings. The predicted molar refractivity (Wildman–Crippen MR) is 100 cm³/mol. The molecule has 1 N–H and O–H groups in total. The van der Waals surface area contributed by atoms with Crippen LogP contribution in [0.1, 0.15) is 18.9 Å². The Kier molecular flexibility index (Phi) is 7.73. The van der Waals surface area contributed by atoms with E-state index in [9.17, 15) is 4.79 Å². The van der Waals surface area contributed by atoms with Crippen LogP contribution in [0.15, 0.2) is 78.9 Å². The molecule has 25 heavy (non-hydrogen) atoms. The number of rotatable bonds is 9. The maximum atomic E-state index is 12.1. The van der Waals surface area contributed by atoms with Crippen molar-refractivity contribution in [1.29, 1.82) is 0 Å². The van der Waals surface area contributed by atoms with Gasteiger partial charge >= 0.3 is 6.09 Å². The first-order valence-electron chi connectivity index (χ1n) is 8.42. The van der Waals surface area contributed by atoms with Crippen molar-refractivity contribution >= 4 is 6.09 Å². The van der Waals surface area contributed by atoms with E-state index in [1.807, 2.05) is 67.6 Å². The number of amides is 1. The second-order valence-electron chi connectivity index (χ2n) is 5.75. The van der Waals surface area contributed by atoms with Crippen molar-refractivity contribution in [3.8, 4) is 0 Å². The number of nitrogens with one attached hydrogen (secondary N) is 1. The number of allylic oxidation sites excluding steroid dienone is 6. The second kappa shape index (κ2) is 10.3. The smallest absolute Gasteiger partial charge is 0.407 e. The standard InChI is InChI=1S/C21H25NO3/c1-3-5-10-17(11-6-4-2)14-19(20-16-24-20)22-21(23)25-15-18-12-8-7-9-13-18/h3-13,19-20H,1,14-16H2,2H3,(H,22,23)/b6-4-,10-5-,17-11+. The van der Waals surface area contributed by atoms with Gasteiger partial charge in [0.25, 0.3) is 0 Å². The van der Waals surface area contributed by atoms with Crippen molar-refractivity contribution in [1.82, 2.24) is 5.32 Å². The predicted octanol–water partition coefficient (Wildman–Crippen LogP) is 4.32. The lowest BCUT2D eigenvalue weighted by atomic mass is 10.0. The number of carbonyl (C=O) groups is 1. The van der Waals surface area contributed by atoms with Crippen molar-refractivity contribution in [3.63, 3.8) is 0 Å². The van der Waals surface area contributed by atoms with Crippen molar-refractivity contribution in [2.45, 2.75) is 32.1 Å². The molecule has 4 heteroatoms. The maximum absolute atomic E-state index is 12.1. The van der Waals surface area contributed by atoms with E-state index in [2.05, 4.69) is 11.9 Å². The third kappa shape index (κ3) is 7.23. The van der Waals surface area contributed by atoms with Gasteiger partial charge < -0.3 is 14.8 Å². The van der Waals surface area contributed by atoms with Crippen LogP contribution in [0.2, 0.25) is 0 Å². The Morgan fingerprint density at radius 3 is 2.80 bits per heavy atom. The fourth-order valence-electron chi connectivity index (χ4n) is 2.34. The third-order valence-electron chi connectivity index (χ3n) is 3.73. The maximum Gasteiger partial charge on any atom is 0.407 e. The van der Waals surface area contributed by atoms with Crippen molar-refractivity contribution < 1.29 is 14.3 Å². The Hall–Kier alpha value is -2.59. The van der Waals surface area contributed by atoms with E-state index in [4.69, 9.17) is 9.47 Å². The largest absolute Gasteiger partial charge is 0.445 e. The molecule has 1 amide bonds. The zero-order valence-corrected chi connectivity index (χ0v) is 14.6. The third-order valence-corrected chi connectivity index (χ3v) is 3.73. The molecule has 0 spiro atoms. The Morgan fingerprint density at radius 1 is 1.40 bits per heavy atom. The summed E-state index contributed by atoms with van der Waals surface area (Å²) < 4.78 is 10.7. The molecule has 1 aromatic rings. The van der Waals surface area contributed by atoms with Crippen LogP contribution >= 0.6 is 0 Å². The second-order valence-corrected chi connectivity index (χ2v) is 5.75. The minimum absolute atomic E-state index is 0.0374. The minimum atomic E-state index is -0.428. The summed E-state index contributed by atoms with van der Waals surface area (Å²) in [7, 11) is 0. The van der Waals surface area contributed by atoms with E-state index >= 15 is 0 Å². The number of benzene rings is 1. The summed E-state index contributed by atoms with van der Waals surface area (Å²) >= 11 is 0. The minimum Gasteiger partial charge on any atom is -0.445 e. The van der Waals surface area contributed by atoms with Gasteiger partial charge in [0.2, 0.25) is 0 Å². The molecule has 0 aliphatic carbocycles. The van der Waals surface area contributed by atoms with Crippen molar-refractivity contribution in [2.75, 3.05) is 6.61 Å². The van der Waals surface area contributed by atoms with E-state index in [-0.39, 0.29) is 18.8 Å². The lowest BCUT2D eigenvalue weighted by molar-refractivity contribution is 0.133. The van der Waals surface area contributed by atoms with E-state index in [1.165, 1.54) is 0 Å². The summed E-state index contributed by atoms with van der Waals surface area (Å²) in [4.78, 5) is 12.1. The van der Waals surface area contributed by atoms with Gasteiger partial charge in [-0.05, 0) is 24.5 Å². The van der Waals surface area contributed by atoms with Crippen molar-refractivity contribution in [2.24, 2.45) is 0 Å². The summed E-state index contributed by atoms with van der Waals surface area (Å²) in [5.74, 6) is 0. The van der Waals surface area contributed by atoms with Crippen LogP contribution in [-0.2, 0) is 16.1 Å². The van der Waals surface area contributed by atoms with Gasteiger partial charge in [-0.3, -0.25) is 0 Å². The Labute approximate surface area is 149 Å².